The van der Waals surface area contributed by atoms with Crippen LogP contribution >= 0.6 is 23.2 Å². The molecule has 0 atom stereocenters. The summed E-state index contributed by atoms with van der Waals surface area (Å²) in [6.07, 6.45) is 1.66. The molecule has 1 aliphatic heterocycles. The average molecular weight is 376 g/mol. The van der Waals surface area contributed by atoms with Crippen LogP contribution in [-0.2, 0) is 9.53 Å². The molecule has 1 aliphatic rings. The van der Waals surface area contributed by atoms with Crippen molar-refractivity contribution in [3.8, 4) is 5.75 Å². The van der Waals surface area contributed by atoms with Gasteiger partial charge in [0.2, 0.25) is 5.90 Å². The zero-order chi connectivity index (χ0) is 18.0. The number of ether oxygens (including phenoxy) is 2. The fourth-order valence-corrected chi connectivity index (χ4v) is 2.57. The maximum absolute atomic E-state index is 12.1. The van der Waals surface area contributed by atoms with E-state index >= 15 is 0 Å². The summed E-state index contributed by atoms with van der Waals surface area (Å²) in [5, 5.41) is 0.789. The van der Waals surface area contributed by atoms with Crippen LogP contribution in [0.15, 0.2) is 53.2 Å². The molecule has 0 saturated carbocycles. The second-order valence-corrected chi connectivity index (χ2v) is 6.48. The first-order chi connectivity index (χ1) is 11.9. The lowest BCUT2D eigenvalue weighted by Gasteiger charge is -2.12. The molecule has 0 N–H and O–H groups in total. The fraction of sp³-hybridized carbons (Fsp3) is 0.158. The number of cyclic esters (lactones) is 1. The Labute approximate surface area is 155 Å². The maximum atomic E-state index is 12.1. The second-order valence-electron chi connectivity index (χ2n) is 5.67. The van der Waals surface area contributed by atoms with Crippen LogP contribution in [0.1, 0.15) is 25.0 Å². The number of hydrogen-bond acceptors (Lipinski definition) is 4. The van der Waals surface area contributed by atoms with Gasteiger partial charge in [0.1, 0.15) is 5.75 Å². The molecule has 2 aromatic rings. The molecule has 2 aromatic carbocycles. The Kier molecular flexibility index (Phi) is 5.11. The van der Waals surface area contributed by atoms with E-state index in [0.717, 1.165) is 5.56 Å². The van der Waals surface area contributed by atoms with Gasteiger partial charge in [-0.2, -0.15) is 0 Å². The number of rotatable bonds is 4. The highest BCUT2D eigenvalue weighted by atomic mass is 35.5. The number of benzene rings is 2. The molecule has 3 rings (SSSR count). The van der Waals surface area contributed by atoms with Crippen molar-refractivity contribution in [2.45, 2.75) is 20.0 Å². The average Bonchev–Trinajstić information content (AvgIpc) is 2.92. The highest BCUT2D eigenvalue weighted by Gasteiger charge is 2.25. The van der Waals surface area contributed by atoms with Crippen molar-refractivity contribution >= 4 is 41.1 Å². The van der Waals surface area contributed by atoms with E-state index in [2.05, 4.69) is 4.99 Å². The quantitative estimate of drug-likeness (QED) is 0.549. The maximum Gasteiger partial charge on any atom is 0.363 e. The highest BCUT2D eigenvalue weighted by molar-refractivity contribution is 6.42. The Morgan fingerprint density at radius 1 is 1.12 bits per heavy atom. The Morgan fingerprint density at radius 2 is 1.88 bits per heavy atom. The first-order valence-electron chi connectivity index (χ1n) is 7.67. The van der Waals surface area contributed by atoms with Gasteiger partial charge in [-0.05, 0) is 44.2 Å². The molecule has 4 nitrogen and oxygen atoms in total. The van der Waals surface area contributed by atoms with Gasteiger partial charge in [-0.25, -0.2) is 9.79 Å². The van der Waals surface area contributed by atoms with Gasteiger partial charge >= 0.3 is 5.97 Å². The standard InChI is InChI=1S/C19H15Cl2NO3/c1-11(2)24-17-6-4-3-5-12(17)10-16-19(23)25-18(22-16)13-7-8-14(20)15(21)9-13/h3-11H,1-2H3/b16-10-. The molecule has 128 valence electrons. The molecule has 0 aliphatic carbocycles. The molecule has 0 bridgehead atoms. The first-order valence-corrected chi connectivity index (χ1v) is 8.43. The Balaban J connectivity index is 1.95. The molecular weight excluding hydrogens is 361 g/mol. The van der Waals surface area contributed by atoms with Crippen molar-refractivity contribution in [1.82, 2.24) is 0 Å². The van der Waals surface area contributed by atoms with Gasteiger partial charge in [-0.1, -0.05) is 41.4 Å². The molecule has 25 heavy (non-hydrogen) atoms. The summed E-state index contributed by atoms with van der Waals surface area (Å²) >= 11 is 11.9. The lowest BCUT2D eigenvalue weighted by atomic mass is 10.1. The molecular formula is C19H15Cl2NO3. The van der Waals surface area contributed by atoms with Crippen molar-refractivity contribution in [2.75, 3.05) is 0 Å². The van der Waals surface area contributed by atoms with Gasteiger partial charge in [0.25, 0.3) is 0 Å². The van der Waals surface area contributed by atoms with Gasteiger partial charge in [0.05, 0.1) is 16.1 Å². The fourth-order valence-electron chi connectivity index (χ4n) is 2.27. The van der Waals surface area contributed by atoms with E-state index in [1.807, 2.05) is 38.1 Å². The second kappa shape index (κ2) is 7.30. The summed E-state index contributed by atoms with van der Waals surface area (Å²) in [6, 6.07) is 12.4. The third-order valence-corrected chi connectivity index (χ3v) is 4.10. The van der Waals surface area contributed by atoms with Gasteiger partial charge in [0, 0.05) is 11.1 Å². The Bertz CT molecular complexity index is 888. The number of aliphatic imine (C=N–C) groups is 1. The predicted octanol–water partition coefficient (Wildman–Crippen LogP) is 5.13. The highest BCUT2D eigenvalue weighted by Crippen LogP contribution is 2.27. The summed E-state index contributed by atoms with van der Waals surface area (Å²) in [5.74, 6) is 0.341. The first kappa shape index (κ1) is 17.5. The van der Waals surface area contributed by atoms with E-state index in [0.29, 0.717) is 21.4 Å². The molecule has 1 heterocycles. The van der Waals surface area contributed by atoms with Crippen LogP contribution in [0.2, 0.25) is 10.0 Å². The summed E-state index contributed by atoms with van der Waals surface area (Å²) in [4.78, 5) is 16.4. The van der Waals surface area contributed by atoms with Crippen molar-refractivity contribution in [1.29, 1.82) is 0 Å². The van der Waals surface area contributed by atoms with E-state index in [1.165, 1.54) is 0 Å². The van der Waals surface area contributed by atoms with Crippen LogP contribution in [0.25, 0.3) is 6.08 Å². The van der Waals surface area contributed by atoms with Crippen molar-refractivity contribution in [3.05, 3.63) is 69.3 Å². The third kappa shape index (κ3) is 4.03. The Hall–Kier alpha value is -2.30. The summed E-state index contributed by atoms with van der Waals surface area (Å²) in [5.41, 5.74) is 1.53. The third-order valence-electron chi connectivity index (χ3n) is 3.36. The van der Waals surface area contributed by atoms with Crippen molar-refractivity contribution < 1.29 is 14.3 Å². The predicted molar refractivity (Wildman–Crippen MR) is 99.3 cm³/mol. The number of carbonyl (C=O) groups is 1. The molecule has 6 heteroatoms. The molecule has 0 radical (unpaired) electrons. The molecule has 0 spiro atoms. The largest absolute Gasteiger partial charge is 0.490 e. The monoisotopic (exact) mass is 375 g/mol. The molecule has 0 unspecified atom stereocenters. The lowest BCUT2D eigenvalue weighted by Crippen LogP contribution is -2.07. The zero-order valence-corrected chi connectivity index (χ0v) is 15.1. The number of para-hydroxylation sites is 1. The summed E-state index contributed by atoms with van der Waals surface area (Å²) in [6.45, 7) is 3.88. The number of halogens is 2. The van der Waals surface area contributed by atoms with E-state index in [1.54, 1.807) is 24.3 Å². The van der Waals surface area contributed by atoms with E-state index in [-0.39, 0.29) is 17.7 Å². The zero-order valence-electron chi connectivity index (χ0n) is 13.6. The molecule has 0 amide bonds. The Morgan fingerprint density at radius 3 is 2.60 bits per heavy atom. The SMILES string of the molecule is CC(C)Oc1ccccc1/C=C1\N=C(c2ccc(Cl)c(Cl)c2)OC1=O. The smallest absolute Gasteiger partial charge is 0.363 e. The van der Waals surface area contributed by atoms with Crippen LogP contribution in [0.5, 0.6) is 5.75 Å². The van der Waals surface area contributed by atoms with Crippen LogP contribution < -0.4 is 4.74 Å². The number of esters is 1. The van der Waals surface area contributed by atoms with Gasteiger partial charge in [0.15, 0.2) is 5.70 Å². The molecule has 0 aromatic heterocycles. The van der Waals surface area contributed by atoms with Gasteiger partial charge < -0.3 is 9.47 Å². The lowest BCUT2D eigenvalue weighted by molar-refractivity contribution is -0.129. The molecule has 0 fully saturated rings. The van der Waals surface area contributed by atoms with Gasteiger partial charge in [-0.3, -0.25) is 0 Å². The minimum Gasteiger partial charge on any atom is -0.490 e. The minimum atomic E-state index is -0.527. The van der Waals surface area contributed by atoms with Crippen molar-refractivity contribution in [3.63, 3.8) is 0 Å². The molecule has 0 saturated heterocycles. The normalized spacial score (nSPS) is 15.5. The van der Waals surface area contributed by atoms with E-state index in [9.17, 15) is 4.79 Å². The minimum absolute atomic E-state index is 0.0188. The number of nitrogens with zero attached hydrogens (tertiary/aromatic N) is 1. The van der Waals surface area contributed by atoms with Crippen LogP contribution in [-0.4, -0.2) is 18.0 Å². The van der Waals surface area contributed by atoms with Crippen molar-refractivity contribution in [2.24, 2.45) is 4.99 Å². The summed E-state index contributed by atoms with van der Waals surface area (Å²) in [7, 11) is 0. The van der Waals surface area contributed by atoms with E-state index in [4.69, 9.17) is 32.7 Å². The number of carbonyl (C=O) groups excluding carboxylic acids is 1. The van der Waals surface area contributed by atoms with Crippen LogP contribution in [0.4, 0.5) is 0 Å². The number of hydrogen-bond donors (Lipinski definition) is 0. The van der Waals surface area contributed by atoms with Crippen LogP contribution in [0, 0.1) is 0 Å². The van der Waals surface area contributed by atoms with Gasteiger partial charge in [-0.15, -0.1) is 0 Å². The summed E-state index contributed by atoms with van der Waals surface area (Å²) < 4.78 is 11.0. The van der Waals surface area contributed by atoms with E-state index < -0.39 is 5.97 Å². The topological polar surface area (TPSA) is 47.9 Å². The van der Waals surface area contributed by atoms with Crippen LogP contribution in [0.3, 0.4) is 0 Å².